The molecule has 0 aliphatic carbocycles. The molecule has 3 aliphatic rings. The second-order valence-corrected chi connectivity index (χ2v) is 8.79. The summed E-state index contributed by atoms with van der Waals surface area (Å²) in [6, 6.07) is 1.56. The first-order valence-electron chi connectivity index (χ1n) is 10.0. The van der Waals surface area contributed by atoms with Gasteiger partial charge >= 0.3 is 12.1 Å². The minimum absolute atomic E-state index is 0.311. The first-order chi connectivity index (χ1) is 14.2. The van der Waals surface area contributed by atoms with Gasteiger partial charge in [0, 0.05) is 49.7 Å². The molecule has 0 spiro atoms. The highest BCUT2D eigenvalue weighted by Gasteiger charge is 2.45. The zero-order valence-electron chi connectivity index (χ0n) is 16.7. The highest BCUT2D eigenvalue weighted by Crippen LogP contribution is 2.35. The van der Waals surface area contributed by atoms with Crippen molar-refractivity contribution in [3.8, 4) is 0 Å². The third-order valence-electron chi connectivity index (χ3n) is 5.83. The third kappa shape index (κ3) is 5.50. The lowest BCUT2D eigenvalue weighted by atomic mass is 9.94. The van der Waals surface area contributed by atoms with Gasteiger partial charge in [-0.05, 0) is 32.6 Å². The number of piperidine rings is 1. The lowest BCUT2D eigenvalue weighted by Gasteiger charge is -2.42. The average Bonchev–Trinajstić information content (AvgIpc) is 3.30. The summed E-state index contributed by atoms with van der Waals surface area (Å²) in [6.07, 6.45) is 0.0131. The largest absolute Gasteiger partial charge is 0.490 e. The Morgan fingerprint density at radius 1 is 1.27 bits per heavy atom. The van der Waals surface area contributed by atoms with Crippen molar-refractivity contribution in [1.29, 1.82) is 0 Å². The van der Waals surface area contributed by atoms with Crippen LogP contribution in [0.3, 0.4) is 0 Å². The molecule has 30 heavy (non-hydrogen) atoms. The number of likely N-dealkylation sites (tertiary alicyclic amines) is 2. The van der Waals surface area contributed by atoms with Gasteiger partial charge in [-0.3, -0.25) is 9.69 Å². The lowest BCUT2D eigenvalue weighted by molar-refractivity contribution is -0.192. The molecular weight excluding hydrogens is 423 g/mol. The van der Waals surface area contributed by atoms with Crippen molar-refractivity contribution in [2.75, 3.05) is 19.8 Å². The number of amides is 1. The van der Waals surface area contributed by atoms with E-state index in [0.717, 1.165) is 56.1 Å². The molecule has 0 aromatic carbocycles. The van der Waals surface area contributed by atoms with E-state index in [1.165, 1.54) is 0 Å². The number of aryl methyl sites for hydroxylation is 1. The maximum atomic E-state index is 12.5. The fourth-order valence-corrected chi connectivity index (χ4v) is 5.12. The molecule has 7 nitrogen and oxygen atoms in total. The summed E-state index contributed by atoms with van der Waals surface area (Å²) in [4.78, 5) is 30.7. The molecule has 1 amide bonds. The number of thiazole rings is 1. The van der Waals surface area contributed by atoms with Gasteiger partial charge in [0.25, 0.3) is 0 Å². The van der Waals surface area contributed by atoms with E-state index in [4.69, 9.17) is 14.6 Å². The Morgan fingerprint density at radius 3 is 2.50 bits per heavy atom. The standard InChI is InChI=1S/C17H25N3O2S.C2HF3O2/c1-12-18-13(11-23-12)10-20-16-4-7-19(14-5-8-22-9-6-14)15(16)2-3-17(20)21;3-2(4,5)1(6)7/h11,14-16H,2-10H2,1H3;(H,6,7)/t15-,16-;/m1./s1. The number of carboxylic acids is 1. The van der Waals surface area contributed by atoms with Crippen molar-refractivity contribution in [2.24, 2.45) is 0 Å². The van der Waals surface area contributed by atoms with E-state index in [9.17, 15) is 18.0 Å². The van der Waals surface area contributed by atoms with Gasteiger partial charge in [-0.25, -0.2) is 9.78 Å². The summed E-state index contributed by atoms with van der Waals surface area (Å²) >= 11 is 1.67. The van der Waals surface area contributed by atoms with Gasteiger partial charge in [-0.2, -0.15) is 13.2 Å². The molecule has 3 fully saturated rings. The summed E-state index contributed by atoms with van der Waals surface area (Å²) in [5.41, 5.74) is 1.05. The average molecular weight is 449 g/mol. The van der Waals surface area contributed by atoms with E-state index in [1.807, 2.05) is 6.92 Å². The highest BCUT2D eigenvalue weighted by molar-refractivity contribution is 7.09. The molecule has 1 N–H and O–H groups in total. The van der Waals surface area contributed by atoms with Crippen LogP contribution in [0.1, 0.15) is 42.8 Å². The number of ether oxygens (including phenoxy) is 1. The van der Waals surface area contributed by atoms with Gasteiger partial charge in [0.05, 0.1) is 17.2 Å². The molecule has 1 aromatic heterocycles. The van der Waals surface area contributed by atoms with E-state index in [1.54, 1.807) is 11.3 Å². The molecule has 0 radical (unpaired) electrons. The van der Waals surface area contributed by atoms with Crippen LogP contribution in [0, 0.1) is 6.92 Å². The van der Waals surface area contributed by atoms with Crippen LogP contribution in [0.4, 0.5) is 13.2 Å². The molecule has 11 heteroatoms. The Balaban J connectivity index is 0.000000318. The first kappa shape index (κ1) is 23.0. The normalized spacial score (nSPS) is 25.6. The Labute approximate surface area is 176 Å². The number of hydrogen-bond acceptors (Lipinski definition) is 6. The summed E-state index contributed by atoms with van der Waals surface area (Å²) in [7, 11) is 0. The smallest absolute Gasteiger partial charge is 0.475 e. The van der Waals surface area contributed by atoms with Gasteiger partial charge in [0.15, 0.2) is 0 Å². The molecule has 0 saturated carbocycles. The second-order valence-electron chi connectivity index (χ2n) is 7.73. The van der Waals surface area contributed by atoms with Gasteiger partial charge in [0.1, 0.15) is 0 Å². The van der Waals surface area contributed by atoms with Crippen LogP contribution < -0.4 is 0 Å². The molecule has 1 aromatic rings. The molecule has 3 aliphatic heterocycles. The highest BCUT2D eigenvalue weighted by atomic mass is 32.1. The number of nitrogens with zero attached hydrogens (tertiary/aromatic N) is 3. The molecule has 2 atom stereocenters. The van der Waals surface area contributed by atoms with Gasteiger partial charge in [-0.1, -0.05) is 0 Å². The van der Waals surface area contributed by atoms with Crippen molar-refractivity contribution < 1.29 is 32.6 Å². The van der Waals surface area contributed by atoms with Crippen LogP contribution in [0.2, 0.25) is 0 Å². The maximum Gasteiger partial charge on any atom is 0.490 e. The minimum atomic E-state index is -5.08. The Kier molecular flexibility index (Phi) is 7.35. The Hall–Kier alpha value is -1.72. The fourth-order valence-electron chi connectivity index (χ4n) is 4.51. The van der Waals surface area contributed by atoms with E-state index in [0.29, 0.717) is 37.0 Å². The summed E-state index contributed by atoms with van der Waals surface area (Å²) in [5, 5.41) is 10.3. The Bertz CT molecular complexity index is 752. The summed E-state index contributed by atoms with van der Waals surface area (Å²) in [6.45, 7) is 5.61. The van der Waals surface area contributed by atoms with Crippen molar-refractivity contribution >= 4 is 23.2 Å². The quantitative estimate of drug-likeness (QED) is 0.764. The molecule has 168 valence electrons. The number of carboxylic acid groups (broad SMARTS) is 1. The number of alkyl halides is 3. The van der Waals surface area contributed by atoms with Gasteiger partial charge < -0.3 is 14.7 Å². The topological polar surface area (TPSA) is 83.0 Å². The predicted octanol–water partition coefficient (Wildman–Crippen LogP) is 2.83. The number of fused-ring (bicyclic) bond motifs is 1. The van der Waals surface area contributed by atoms with E-state index >= 15 is 0 Å². The van der Waals surface area contributed by atoms with Crippen molar-refractivity contribution in [2.45, 2.75) is 69.9 Å². The SMILES string of the molecule is Cc1nc(CN2C(=O)CC[C@@H]3[C@H]2CCN3C2CCOCC2)cs1.O=C(O)C(F)(F)F. The fraction of sp³-hybridized carbons (Fsp3) is 0.737. The second kappa shape index (κ2) is 9.61. The van der Waals surface area contributed by atoms with Crippen LogP contribution in [0.25, 0.3) is 0 Å². The number of aliphatic carboxylic acids is 1. The maximum absolute atomic E-state index is 12.5. The van der Waals surface area contributed by atoms with Gasteiger partial charge in [0.2, 0.25) is 5.91 Å². The minimum Gasteiger partial charge on any atom is -0.475 e. The number of aromatic nitrogens is 1. The first-order valence-corrected chi connectivity index (χ1v) is 10.9. The summed E-state index contributed by atoms with van der Waals surface area (Å²) in [5.74, 6) is -2.45. The number of halogens is 3. The number of carbonyl (C=O) groups excluding carboxylic acids is 1. The third-order valence-corrected chi connectivity index (χ3v) is 6.65. The zero-order valence-corrected chi connectivity index (χ0v) is 17.5. The molecule has 0 unspecified atom stereocenters. The van der Waals surface area contributed by atoms with Crippen LogP contribution in [-0.2, 0) is 20.9 Å². The van der Waals surface area contributed by atoms with Crippen LogP contribution in [-0.4, -0.2) is 75.8 Å². The molecule has 4 heterocycles. The molecule has 3 saturated heterocycles. The molecule has 4 rings (SSSR count). The van der Waals surface area contributed by atoms with Gasteiger partial charge in [-0.15, -0.1) is 11.3 Å². The monoisotopic (exact) mass is 449 g/mol. The van der Waals surface area contributed by atoms with Crippen molar-refractivity contribution in [3.05, 3.63) is 16.1 Å². The number of carbonyl (C=O) groups is 2. The predicted molar refractivity (Wildman–Crippen MR) is 103 cm³/mol. The van der Waals surface area contributed by atoms with E-state index < -0.39 is 12.1 Å². The zero-order chi connectivity index (χ0) is 21.9. The number of hydrogen-bond donors (Lipinski definition) is 1. The van der Waals surface area contributed by atoms with E-state index in [2.05, 4.69) is 20.2 Å². The summed E-state index contributed by atoms with van der Waals surface area (Å²) < 4.78 is 37.3. The molecular formula is C19H26F3N3O4S. The number of rotatable bonds is 3. The van der Waals surface area contributed by atoms with E-state index in [-0.39, 0.29) is 0 Å². The Morgan fingerprint density at radius 2 is 1.93 bits per heavy atom. The lowest BCUT2D eigenvalue weighted by Crippen LogP contribution is -2.54. The van der Waals surface area contributed by atoms with Crippen LogP contribution in [0.5, 0.6) is 0 Å². The van der Waals surface area contributed by atoms with Crippen LogP contribution in [0.15, 0.2) is 5.38 Å². The molecule has 0 bridgehead atoms. The van der Waals surface area contributed by atoms with Crippen molar-refractivity contribution in [3.63, 3.8) is 0 Å². The van der Waals surface area contributed by atoms with Crippen molar-refractivity contribution in [1.82, 2.24) is 14.8 Å². The van der Waals surface area contributed by atoms with Crippen LogP contribution >= 0.6 is 11.3 Å².